The summed E-state index contributed by atoms with van der Waals surface area (Å²) in [4.78, 5) is 32.6. The van der Waals surface area contributed by atoms with Gasteiger partial charge in [-0.15, -0.1) is 0 Å². The fourth-order valence-corrected chi connectivity index (χ4v) is 3.93. The Morgan fingerprint density at radius 2 is 2.10 bits per heavy atom. The number of nitrogens with one attached hydrogen (secondary N) is 4. The monoisotopic (exact) mass is 404 g/mol. The zero-order valence-corrected chi connectivity index (χ0v) is 17.4. The molecule has 1 saturated heterocycles. The molecule has 0 spiro atoms. The first-order valence-corrected chi connectivity index (χ1v) is 10.5. The molecule has 9 nitrogen and oxygen atoms in total. The van der Waals surface area contributed by atoms with E-state index in [-0.39, 0.29) is 42.8 Å². The van der Waals surface area contributed by atoms with Gasteiger partial charge in [-0.25, -0.2) is 10.2 Å². The van der Waals surface area contributed by atoms with Crippen LogP contribution in [0.2, 0.25) is 0 Å². The van der Waals surface area contributed by atoms with Gasteiger partial charge in [0.1, 0.15) is 6.10 Å². The molecule has 1 aliphatic heterocycles. The largest absolute Gasteiger partial charge is 0.446 e. The van der Waals surface area contributed by atoms with Crippen molar-refractivity contribution in [3.05, 3.63) is 23.8 Å². The Hall–Kier alpha value is -2.26. The van der Waals surface area contributed by atoms with Crippen molar-refractivity contribution in [2.24, 2.45) is 5.92 Å². The van der Waals surface area contributed by atoms with E-state index in [1.807, 2.05) is 20.8 Å². The highest BCUT2D eigenvalue weighted by atomic mass is 16.6. The standard InChI is InChI=1S/C20H32N6O3/c1-4-12(2)23-20(28)29-16-6-5-14(7-16)17-9-18(26-25-17)24-19(27)8-15-11-21-10-13(3)22-15/h10-12,14,16-18,25-26H,4-9H2,1-3H3,(H,23,28)(H,24,27)/t12-,14-,16+,17?,18?/m0/s1. The van der Waals surface area contributed by atoms with Crippen LogP contribution in [-0.2, 0) is 16.0 Å². The van der Waals surface area contributed by atoms with Crippen LogP contribution in [0.25, 0.3) is 0 Å². The fraction of sp³-hybridized carbons (Fsp3) is 0.700. The molecule has 2 aliphatic rings. The number of alkyl carbamates (subject to hydrolysis) is 1. The summed E-state index contributed by atoms with van der Waals surface area (Å²) in [5, 5.41) is 5.84. The molecule has 1 aromatic heterocycles. The summed E-state index contributed by atoms with van der Waals surface area (Å²) in [5.74, 6) is 0.327. The molecule has 2 heterocycles. The third kappa shape index (κ3) is 6.37. The molecule has 2 amide bonds. The van der Waals surface area contributed by atoms with Crippen LogP contribution >= 0.6 is 0 Å². The molecular weight excluding hydrogens is 372 g/mol. The Balaban J connectivity index is 1.39. The molecule has 0 aromatic carbocycles. The second-order valence-electron chi connectivity index (χ2n) is 8.13. The number of carbonyl (C=O) groups is 2. The quantitative estimate of drug-likeness (QED) is 0.542. The van der Waals surface area contributed by atoms with Crippen molar-refractivity contribution < 1.29 is 14.3 Å². The van der Waals surface area contributed by atoms with E-state index in [1.54, 1.807) is 12.4 Å². The first-order chi connectivity index (χ1) is 13.9. The minimum Gasteiger partial charge on any atom is -0.446 e. The summed E-state index contributed by atoms with van der Waals surface area (Å²) in [7, 11) is 0. The number of ether oxygens (including phenoxy) is 1. The van der Waals surface area contributed by atoms with Crippen LogP contribution in [0.1, 0.15) is 57.3 Å². The van der Waals surface area contributed by atoms with E-state index in [9.17, 15) is 9.59 Å². The molecule has 4 N–H and O–H groups in total. The normalized spacial score (nSPS) is 27.4. The highest BCUT2D eigenvalue weighted by Gasteiger charge is 2.37. The molecule has 1 aromatic rings. The molecule has 160 valence electrons. The van der Waals surface area contributed by atoms with Crippen molar-refractivity contribution in [2.75, 3.05) is 0 Å². The number of rotatable bonds is 7. The molecule has 3 rings (SSSR count). The molecule has 2 fully saturated rings. The topological polar surface area (TPSA) is 117 Å². The lowest BCUT2D eigenvalue weighted by Gasteiger charge is -2.19. The van der Waals surface area contributed by atoms with Crippen LogP contribution in [0.15, 0.2) is 12.4 Å². The average molecular weight is 405 g/mol. The number of aryl methyl sites for hydroxylation is 1. The van der Waals surface area contributed by atoms with E-state index < -0.39 is 0 Å². The maximum Gasteiger partial charge on any atom is 0.407 e. The number of nitrogens with zero attached hydrogens (tertiary/aromatic N) is 2. The number of hydrogen-bond donors (Lipinski definition) is 4. The van der Waals surface area contributed by atoms with Crippen molar-refractivity contribution in [1.82, 2.24) is 31.5 Å². The summed E-state index contributed by atoms with van der Waals surface area (Å²) in [6, 6.07) is 0.362. The maximum absolute atomic E-state index is 12.3. The first kappa shape index (κ1) is 21.4. The molecule has 29 heavy (non-hydrogen) atoms. The number of carbonyl (C=O) groups excluding carboxylic acids is 2. The zero-order valence-electron chi connectivity index (χ0n) is 17.4. The maximum atomic E-state index is 12.3. The van der Waals surface area contributed by atoms with Crippen LogP contribution in [-0.4, -0.2) is 46.3 Å². The molecule has 0 radical (unpaired) electrons. The lowest BCUT2D eigenvalue weighted by Crippen LogP contribution is -2.45. The third-order valence-electron chi connectivity index (χ3n) is 5.66. The van der Waals surface area contributed by atoms with Gasteiger partial charge in [0.15, 0.2) is 0 Å². The van der Waals surface area contributed by atoms with Crippen LogP contribution in [0.5, 0.6) is 0 Å². The van der Waals surface area contributed by atoms with Crippen LogP contribution in [0.3, 0.4) is 0 Å². The summed E-state index contributed by atoms with van der Waals surface area (Å²) in [5.41, 5.74) is 7.92. The smallest absolute Gasteiger partial charge is 0.407 e. The number of hydrogen-bond acceptors (Lipinski definition) is 7. The lowest BCUT2D eigenvalue weighted by molar-refractivity contribution is -0.121. The second-order valence-corrected chi connectivity index (χ2v) is 8.13. The Morgan fingerprint density at radius 1 is 1.28 bits per heavy atom. The van der Waals surface area contributed by atoms with E-state index in [0.717, 1.165) is 37.8 Å². The first-order valence-electron chi connectivity index (χ1n) is 10.5. The Labute approximate surface area is 171 Å². The Morgan fingerprint density at radius 3 is 2.86 bits per heavy atom. The summed E-state index contributed by atoms with van der Waals surface area (Å²) in [6.45, 7) is 5.85. The Bertz CT molecular complexity index is 715. The lowest BCUT2D eigenvalue weighted by atomic mass is 9.96. The molecule has 2 unspecified atom stereocenters. The zero-order chi connectivity index (χ0) is 20.8. The van der Waals surface area contributed by atoms with Crippen LogP contribution < -0.4 is 21.5 Å². The molecule has 9 heteroatoms. The van der Waals surface area contributed by atoms with Gasteiger partial charge in [0.25, 0.3) is 0 Å². The predicted octanol–water partition coefficient (Wildman–Crippen LogP) is 1.33. The van der Waals surface area contributed by atoms with Gasteiger partial charge in [-0.3, -0.25) is 20.2 Å². The van der Waals surface area contributed by atoms with Crippen molar-refractivity contribution in [2.45, 2.75) is 83.6 Å². The highest BCUT2D eigenvalue weighted by molar-refractivity contribution is 5.78. The summed E-state index contributed by atoms with van der Waals surface area (Å²) < 4.78 is 5.56. The van der Waals surface area contributed by atoms with E-state index in [4.69, 9.17) is 4.74 Å². The SMILES string of the molecule is CC[C@H](C)NC(=O)O[C@@H]1CC[C@H](C2CC(NC(=O)Cc3cncc(C)n3)NN2)C1. The van der Waals surface area contributed by atoms with Crippen molar-refractivity contribution in [3.8, 4) is 0 Å². The van der Waals surface area contributed by atoms with E-state index in [2.05, 4.69) is 31.5 Å². The summed E-state index contributed by atoms with van der Waals surface area (Å²) >= 11 is 0. The van der Waals surface area contributed by atoms with Gasteiger partial charge in [0, 0.05) is 24.5 Å². The Kier molecular flexibility index (Phi) is 7.38. The van der Waals surface area contributed by atoms with E-state index in [0.29, 0.717) is 11.6 Å². The van der Waals surface area contributed by atoms with Gasteiger partial charge < -0.3 is 15.4 Å². The molecule has 1 aliphatic carbocycles. The van der Waals surface area contributed by atoms with Gasteiger partial charge in [-0.1, -0.05) is 6.92 Å². The average Bonchev–Trinajstić information content (AvgIpc) is 3.30. The predicted molar refractivity (Wildman–Crippen MR) is 108 cm³/mol. The third-order valence-corrected chi connectivity index (χ3v) is 5.66. The number of aromatic nitrogens is 2. The summed E-state index contributed by atoms with van der Waals surface area (Å²) in [6.07, 6.45) is 7.39. The van der Waals surface area contributed by atoms with E-state index >= 15 is 0 Å². The van der Waals surface area contributed by atoms with Crippen molar-refractivity contribution in [1.29, 1.82) is 0 Å². The van der Waals surface area contributed by atoms with Crippen molar-refractivity contribution >= 4 is 12.0 Å². The fourth-order valence-electron chi connectivity index (χ4n) is 3.93. The van der Waals surface area contributed by atoms with E-state index in [1.165, 1.54) is 0 Å². The minimum atomic E-state index is -0.327. The van der Waals surface area contributed by atoms with Crippen LogP contribution in [0, 0.1) is 12.8 Å². The highest BCUT2D eigenvalue weighted by Crippen LogP contribution is 2.32. The van der Waals surface area contributed by atoms with Gasteiger partial charge in [0.2, 0.25) is 5.91 Å². The molecular formula is C20H32N6O3. The second kappa shape index (κ2) is 9.98. The van der Waals surface area contributed by atoms with Gasteiger partial charge in [-0.05, 0) is 51.9 Å². The van der Waals surface area contributed by atoms with Crippen molar-refractivity contribution in [3.63, 3.8) is 0 Å². The number of hydrazine groups is 1. The molecule has 5 atom stereocenters. The minimum absolute atomic E-state index is 0.0422. The molecule has 0 bridgehead atoms. The van der Waals surface area contributed by atoms with Gasteiger partial charge >= 0.3 is 6.09 Å². The van der Waals surface area contributed by atoms with Gasteiger partial charge in [-0.2, -0.15) is 0 Å². The van der Waals surface area contributed by atoms with Gasteiger partial charge in [0.05, 0.1) is 24.0 Å². The van der Waals surface area contributed by atoms with Crippen LogP contribution in [0.4, 0.5) is 4.79 Å². The number of amides is 2. The molecule has 1 saturated carbocycles.